The zero-order valence-corrected chi connectivity index (χ0v) is 10.9. The predicted molar refractivity (Wildman–Crippen MR) is 64.3 cm³/mol. The van der Waals surface area contributed by atoms with Gasteiger partial charge in [-0.1, -0.05) is 13.3 Å². The van der Waals surface area contributed by atoms with Crippen molar-refractivity contribution in [3.63, 3.8) is 0 Å². The summed E-state index contributed by atoms with van der Waals surface area (Å²) in [5, 5.41) is 3.04. The second kappa shape index (κ2) is 6.75. The van der Waals surface area contributed by atoms with Crippen molar-refractivity contribution in [3.05, 3.63) is 29.6 Å². The van der Waals surface area contributed by atoms with Gasteiger partial charge in [0.1, 0.15) is 11.6 Å². The topological polar surface area (TPSA) is 21.3 Å². The van der Waals surface area contributed by atoms with E-state index in [1.165, 1.54) is 0 Å². The van der Waals surface area contributed by atoms with Crippen LogP contribution in [0.5, 0.6) is 5.75 Å². The number of rotatable bonds is 6. The van der Waals surface area contributed by atoms with E-state index >= 15 is 0 Å². The molecule has 0 aliphatic carbocycles. The second-order valence-corrected chi connectivity index (χ2v) is 4.37. The molecule has 1 N–H and O–H groups in total. The maximum atomic E-state index is 13.1. The molecule has 0 saturated heterocycles. The quantitative estimate of drug-likeness (QED) is 0.795. The number of hydrogen-bond acceptors (Lipinski definition) is 2. The highest BCUT2D eigenvalue weighted by Gasteiger charge is 2.32. The van der Waals surface area contributed by atoms with E-state index in [0.29, 0.717) is 0 Å². The highest BCUT2D eigenvalue weighted by molar-refractivity contribution is 5.34. The zero-order chi connectivity index (χ0) is 14.5. The van der Waals surface area contributed by atoms with Crippen molar-refractivity contribution in [3.8, 4) is 5.75 Å². The Labute approximate surface area is 109 Å². The van der Waals surface area contributed by atoms with Gasteiger partial charge in [0, 0.05) is 18.2 Å². The Kier molecular flexibility index (Phi) is 5.60. The number of ether oxygens (including phenoxy) is 1. The lowest BCUT2D eigenvalue weighted by Crippen LogP contribution is -2.26. The molecule has 1 aromatic rings. The number of benzene rings is 1. The van der Waals surface area contributed by atoms with Gasteiger partial charge >= 0.3 is 6.36 Å². The first-order valence-electron chi connectivity index (χ1n) is 6.09. The van der Waals surface area contributed by atoms with Gasteiger partial charge in [-0.3, -0.25) is 0 Å². The molecule has 2 nitrogen and oxygen atoms in total. The molecule has 0 aliphatic rings. The van der Waals surface area contributed by atoms with Crippen LogP contribution < -0.4 is 10.1 Å². The van der Waals surface area contributed by atoms with Crippen molar-refractivity contribution in [2.24, 2.45) is 0 Å². The Hall–Kier alpha value is -1.30. The Balaban J connectivity index is 2.77. The van der Waals surface area contributed by atoms with Crippen LogP contribution in [0.3, 0.4) is 0 Å². The van der Waals surface area contributed by atoms with Crippen LogP contribution in [0.15, 0.2) is 18.2 Å². The van der Waals surface area contributed by atoms with Gasteiger partial charge in [0.15, 0.2) is 0 Å². The first-order chi connectivity index (χ1) is 8.81. The molecule has 0 heterocycles. The fourth-order valence-corrected chi connectivity index (χ4v) is 1.73. The van der Waals surface area contributed by atoms with Gasteiger partial charge in [-0.15, -0.1) is 13.2 Å². The van der Waals surface area contributed by atoms with Crippen molar-refractivity contribution in [2.45, 2.75) is 45.6 Å². The lowest BCUT2D eigenvalue weighted by Gasteiger charge is -2.16. The summed E-state index contributed by atoms with van der Waals surface area (Å²) in [5.74, 6) is -0.959. The maximum Gasteiger partial charge on any atom is 0.573 e. The van der Waals surface area contributed by atoms with E-state index in [-0.39, 0.29) is 23.9 Å². The third kappa shape index (κ3) is 5.92. The zero-order valence-electron chi connectivity index (χ0n) is 10.9. The second-order valence-electron chi connectivity index (χ2n) is 4.37. The van der Waals surface area contributed by atoms with Crippen molar-refractivity contribution in [2.75, 3.05) is 0 Å². The summed E-state index contributed by atoms with van der Waals surface area (Å²) in [6, 6.07) is 3.13. The number of nitrogens with one attached hydrogen (secondary N) is 1. The molecule has 1 rings (SSSR count). The van der Waals surface area contributed by atoms with E-state index in [1.54, 1.807) is 0 Å². The molecule has 1 unspecified atom stereocenters. The van der Waals surface area contributed by atoms with Crippen molar-refractivity contribution in [1.82, 2.24) is 5.32 Å². The lowest BCUT2D eigenvalue weighted by atomic mass is 10.1. The Morgan fingerprint density at radius 3 is 2.58 bits per heavy atom. The van der Waals surface area contributed by atoms with Gasteiger partial charge in [-0.25, -0.2) is 4.39 Å². The molecule has 1 aromatic carbocycles. The maximum absolute atomic E-state index is 13.1. The number of alkyl halides is 3. The minimum absolute atomic E-state index is 0.129. The average molecular weight is 279 g/mol. The molecule has 108 valence electrons. The van der Waals surface area contributed by atoms with E-state index in [0.717, 1.165) is 31.0 Å². The smallest absolute Gasteiger partial charge is 0.405 e. The molecule has 0 aliphatic heterocycles. The highest BCUT2D eigenvalue weighted by Crippen LogP contribution is 2.27. The van der Waals surface area contributed by atoms with Crippen LogP contribution in [0.1, 0.15) is 32.3 Å². The van der Waals surface area contributed by atoms with Gasteiger partial charge in [0.25, 0.3) is 0 Å². The Bertz CT molecular complexity index is 406. The molecule has 6 heteroatoms. The average Bonchev–Trinajstić information content (AvgIpc) is 2.28. The summed E-state index contributed by atoms with van der Waals surface area (Å²) < 4.78 is 53.6. The van der Waals surface area contributed by atoms with E-state index in [9.17, 15) is 17.6 Å². The lowest BCUT2D eigenvalue weighted by molar-refractivity contribution is -0.274. The summed E-state index contributed by atoms with van der Waals surface area (Å²) >= 11 is 0. The fraction of sp³-hybridized carbons (Fsp3) is 0.538. The van der Waals surface area contributed by atoms with E-state index in [4.69, 9.17) is 0 Å². The molecular weight excluding hydrogens is 262 g/mol. The summed E-state index contributed by atoms with van der Waals surface area (Å²) in [6.07, 6.45) is -2.92. The van der Waals surface area contributed by atoms with Crippen LogP contribution in [0.25, 0.3) is 0 Å². The molecule has 19 heavy (non-hydrogen) atoms. The van der Waals surface area contributed by atoms with Crippen LogP contribution in [0.2, 0.25) is 0 Å². The van der Waals surface area contributed by atoms with E-state index < -0.39 is 12.2 Å². The molecule has 1 atom stereocenters. The minimum atomic E-state index is -4.78. The summed E-state index contributed by atoms with van der Waals surface area (Å²) in [6.45, 7) is 4.07. The van der Waals surface area contributed by atoms with Crippen LogP contribution in [-0.2, 0) is 6.54 Å². The van der Waals surface area contributed by atoms with Crippen molar-refractivity contribution in [1.29, 1.82) is 0 Å². The molecule has 0 saturated carbocycles. The fourth-order valence-electron chi connectivity index (χ4n) is 1.73. The van der Waals surface area contributed by atoms with E-state index in [1.807, 2.05) is 13.8 Å². The molecule has 0 amide bonds. The molecule has 0 radical (unpaired) electrons. The highest BCUT2D eigenvalue weighted by atomic mass is 19.4. The third-order valence-corrected chi connectivity index (χ3v) is 2.61. The molecule has 0 aromatic heterocycles. The Morgan fingerprint density at radius 2 is 2.00 bits per heavy atom. The van der Waals surface area contributed by atoms with E-state index in [2.05, 4.69) is 10.1 Å². The number of hydrogen-bond donors (Lipinski definition) is 1. The predicted octanol–water partition coefficient (Wildman–Crippen LogP) is 4.00. The standard InChI is InChI=1S/C13H17F4NO/c1-3-4-9(2)18-8-10-7-11(14)5-6-12(10)19-13(15,16)17/h5-7,9,18H,3-4,8H2,1-2H3. The van der Waals surface area contributed by atoms with Gasteiger partial charge < -0.3 is 10.1 Å². The number of halogens is 4. The monoisotopic (exact) mass is 279 g/mol. The van der Waals surface area contributed by atoms with Gasteiger partial charge in [-0.05, 0) is 31.5 Å². The Morgan fingerprint density at radius 1 is 1.32 bits per heavy atom. The normalized spacial score (nSPS) is 13.4. The van der Waals surface area contributed by atoms with Crippen LogP contribution >= 0.6 is 0 Å². The van der Waals surface area contributed by atoms with Gasteiger partial charge in [-0.2, -0.15) is 0 Å². The first kappa shape index (κ1) is 15.8. The summed E-state index contributed by atoms with van der Waals surface area (Å²) in [5.41, 5.74) is 0.153. The summed E-state index contributed by atoms with van der Waals surface area (Å²) in [4.78, 5) is 0. The first-order valence-corrected chi connectivity index (χ1v) is 6.09. The van der Waals surface area contributed by atoms with Crippen molar-refractivity contribution < 1.29 is 22.3 Å². The van der Waals surface area contributed by atoms with Crippen molar-refractivity contribution >= 4 is 0 Å². The van der Waals surface area contributed by atoms with Crippen LogP contribution in [0.4, 0.5) is 17.6 Å². The largest absolute Gasteiger partial charge is 0.573 e. The van der Waals surface area contributed by atoms with Crippen LogP contribution in [0, 0.1) is 5.82 Å². The molecular formula is C13H17F4NO. The van der Waals surface area contributed by atoms with Gasteiger partial charge in [0.2, 0.25) is 0 Å². The minimum Gasteiger partial charge on any atom is -0.405 e. The SMILES string of the molecule is CCCC(C)NCc1cc(F)ccc1OC(F)(F)F. The molecule has 0 spiro atoms. The van der Waals surface area contributed by atoms with Gasteiger partial charge in [0.05, 0.1) is 0 Å². The third-order valence-electron chi connectivity index (χ3n) is 2.61. The molecule has 0 fully saturated rings. The summed E-state index contributed by atoms with van der Waals surface area (Å²) in [7, 11) is 0. The molecule has 0 bridgehead atoms. The van der Waals surface area contributed by atoms with Crippen LogP contribution in [-0.4, -0.2) is 12.4 Å².